The summed E-state index contributed by atoms with van der Waals surface area (Å²) in [5, 5.41) is 0. The van der Waals surface area contributed by atoms with Crippen LogP contribution in [0.3, 0.4) is 0 Å². The highest BCUT2D eigenvalue weighted by Crippen LogP contribution is 2.47. The highest BCUT2D eigenvalue weighted by atomic mass is 16.5. The van der Waals surface area contributed by atoms with Gasteiger partial charge in [0.1, 0.15) is 22.8 Å². The van der Waals surface area contributed by atoms with Crippen molar-refractivity contribution in [1.82, 2.24) is 0 Å². The van der Waals surface area contributed by atoms with Crippen LogP contribution >= 0.6 is 0 Å². The third-order valence-corrected chi connectivity index (χ3v) is 4.73. The Morgan fingerprint density at radius 2 is 2.04 bits per heavy atom. The summed E-state index contributed by atoms with van der Waals surface area (Å²) in [7, 11) is 3.07. The smallest absolute Gasteiger partial charge is 0.340 e. The number of allylic oxidation sites excluding steroid dienone is 2. The van der Waals surface area contributed by atoms with E-state index in [0.29, 0.717) is 47.7 Å². The zero-order chi connectivity index (χ0) is 19.6. The number of nitrogens with two attached hydrogens (primary N) is 1. The first-order valence-corrected chi connectivity index (χ1v) is 8.84. The number of Topliss-reactive ketones (excluding diaryl/α,β-unsaturated/α-hetero) is 1. The van der Waals surface area contributed by atoms with E-state index in [4.69, 9.17) is 24.7 Å². The molecule has 1 aliphatic carbocycles. The van der Waals surface area contributed by atoms with Gasteiger partial charge in [0.25, 0.3) is 0 Å². The van der Waals surface area contributed by atoms with Gasteiger partial charge in [0.15, 0.2) is 5.78 Å². The van der Waals surface area contributed by atoms with Crippen molar-refractivity contribution in [3.63, 3.8) is 0 Å². The number of hydrogen-bond acceptors (Lipinski definition) is 7. The van der Waals surface area contributed by atoms with Crippen LogP contribution in [0.5, 0.6) is 11.5 Å². The second kappa shape index (κ2) is 7.73. The quantitative estimate of drug-likeness (QED) is 0.792. The fourth-order valence-electron chi connectivity index (χ4n) is 3.53. The van der Waals surface area contributed by atoms with E-state index in [2.05, 4.69) is 0 Å². The molecule has 0 radical (unpaired) electrons. The van der Waals surface area contributed by atoms with E-state index in [-0.39, 0.29) is 23.8 Å². The molecule has 0 saturated carbocycles. The minimum Gasteiger partial charge on any atom is -0.497 e. The predicted octanol–water partition coefficient (Wildman–Crippen LogP) is 2.56. The summed E-state index contributed by atoms with van der Waals surface area (Å²) in [6.07, 6.45) is 1.67. The second-order valence-electron chi connectivity index (χ2n) is 6.25. The molecule has 0 amide bonds. The Bertz CT molecular complexity index is 839. The third-order valence-electron chi connectivity index (χ3n) is 4.73. The van der Waals surface area contributed by atoms with Crippen molar-refractivity contribution in [3.05, 3.63) is 46.6 Å². The molecule has 1 aromatic carbocycles. The summed E-state index contributed by atoms with van der Waals surface area (Å²) in [6.45, 7) is 1.89. The van der Waals surface area contributed by atoms with Gasteiger partial charge < -0.3 is 24.7 Å². The van der Waals surface area contributed by atoms with E-state index < -0.39 is 11.9 Å². The predicted molar refractivity (Wildman–Crippen MR) is 97.1 cm³/mol. The molecule has 1 atom stereocenters. The van der Waals surface area contributed by atoms with E-state index >= 15 is 0 Å². The molecular formula is C20H23NO6. The first kappa shape index (κ1) is 18.8. The fourth-order valence-corrected chi connectivity index (χ4v) is 3.53. The largest absolute Gasteiger partial charge is 0.497 e. The summed E-state index contributed by atoms with van der Waals surface area (Å²) >= 11 is 0. The lowest BCUT2D eigenvalue weighted by Crippen LogP contribution is -2.31. The molecule has 0 fully saturated rings. The van der Waals surface area contributed by atoms with Crippen LogP contribution < -0.4 is 15.2 Å². The van der Waals surface area contributed by atoms with Crippen molar-refractivity contribution in [2.24, 2.45) is 5.73 Å². The van der Waals surface area contributed by atoms with E-state index in [9.17, 15) is 9.59 Å². The van der Waals surface area contributed by atoms with Crippen LogP contribution in [0.25, 0.3) is 0 Å². The average molecular weight is 373 g/mol. The second-order valence-corrected chi connectivity index (χ2v) is 6.25. The molecule has 7 heteroatoms. The van der Waals surface area contributed by atoms with Gasteiger partial charge in [-0.25, -0.2) is 4.79 Å². The van der Waals surface area contributed by atoms with Crippen molar-refractivity contribution in [1.29, 1.82) is 0 Å². The van der Waals surface area contributed by atoms with Crippen molar-refractivity contribution < 1.29 is 28.5 Å². The first-order valence-electron chi connectivity index (χ1n) is 8.84. The molecule has 7 nitrogen and oxygen atoms in total. The van der Waals surface area contributed by atoms with Crippen LogP contribution in [0.2, 0.25) is 0 Å². The Kier molecular flexibility index (Phi) is 5.39. The number of rotatable bonds is 5. The van der Waals surface area contributed by atoms with Crippen LogP contribution in [-0.4, -0.2) is 32.6 Å². The maximum absolute atomic E-state index is 12.7. The average Bonchev–Trinajstić information content (AvgIpc) is 2.66. The molecule has 2 aliphatic rings. The van der Waals surface area contributed by atoms with Gasteiger partial charge in [-0.15, -0.1) is 0 Å². The standard InChI is InChI=1S/C20H23NO6/c1-4-26-20(23)18-16(12-9-8-11(24-2)10-15(12)25-3)17-13(22)6-5-7-14(17)27-19(18)21/h8-10,16H,4-7,21H2,1-3H3. The number of benzene rings is 1. The summed E-state index contributed by atoms with van der Waals surface area (Å²) in [6, 6.07) is 5.23. The van der Waals surface area contributed by atoms with Crippen LogP contribution in [-0.2, 0) is 19.1 Å². The summed E-state index contributed by atoms with van der Waals surface area (Å²) in [5.74, 6) is 0.185. The fraction of sp³-hybridized carbons (Fsp3) is 0.400. The van der Waals surface area contributed by atoms with E-state index in [1.54, 1.807) is 32.2 Å². The molecule has 1 aliphatic heterocycles. The molecule has 2 N–H and O–H groups in total. The molecule has 0 bridgehead atoms. The molecule has 1 unspecified atom stereocenters. The number of esters is 1. The highest BCUT2D eigenvalue weighted by molar-refractivity contribution is 6.03. The van der Waals surface area contributed by atoms with Crippen molar-refractivity contribution in [2.45, 2.75) is 32.1 Å². The number of carbonyl (C=O) groups excluding carboxylic acids is 2. The van der Waals surface area contributed by atoms with Crippen LogP contribution in [0.15, 0.2) is 41.0 Å². The van der Waals surface area contributed by atoms with Crippen LogP contribution in [0, 0.1) is 0 Å². The molecular weight excluding hydrogens is 350 g/mol. The van der Waals surface area contributed by atoms with E-state index in [0.717, 1.165) is 0 Å². The Morgan fingerprint density at radius 3 is 2.70 bits per heavy atom. The minimum atomic E-state index is -0.707. The van der Waals surface area contributed by atoms with E-state index in [1.807, 2.05) is 0 Å². The molecule has 0 spiro atoms. The maximum atomic E-state index is 12.7. The van der Waals surface area contributed by atoms with Gasteiger partial charge in [-0.1, -0.05) is 6.07 Å². The Morgan fingerprint density at radius 1 is 1.26 bits per heavy atom. The summed E-state index contributed by atoms with van der Waals surface area (Å²) < 4.78 is 21.6. The lowest BCUT2D eigenvalue weighted by atomic mass is 9.77. The van der Waals surface area contributed by atoms with E-state index in [1.165, 1.54) is 7.11 Å². The Balaban J connectivity index is 2.21. The van der Waals surface area contributed by atoms with Crippen molar-refractivity contribution in [3.8, 4) is 11.5 Å². The molecule has 0 aromatic heterocycles. The number of ether oxygens (including phenoxy) is 4. The number of methoxy groups -OCH3 is 2. The molecule has 27 heavy (non-hydrogen) atoms. The van der Waals surface area contributed by atoms with Crippen LogP contribution in [0.1, 0.15) is 37.7 Å². The summed E-state index contributed by atoms with van der Waals surface area (Å²) in [4.78, 5) is 25.4. The topological polar surface area (TPSA) is 97.1 Å². The van der Waals surface area contributed by atoms with Crippen LogP contribution in [0.4, 0.5) is 0 Å². The first-order chi connectivity index (χ1) is 13.0. The van der Waals surface area contributed by atoms with Gasteiger partial charge in [-0.3, -0.25) is 4.79 Å². The number of carbonyl (C=O) groups is 2. The molecule has 0 saturated heterocycles. The molecule has 1 aromatic rings. The monoisotopic (exact) mass is 373 g/mol. The van der Waals surface area contributed by atoms with Gasteiger partial charge in [-0.05, 0) is 19.4 Å². The van der Waals surface area contributed by atoms with Gasteiger partial charge in [0.05, 0.1) is 26.7 Å². The van der Waals surface area contributed by atoms with Crippen molar-refractivity contribution >= 4 is 11.8 Å². The normalized spacial score (nSPS) is 19.4. The third kappa shape index (κ3) is 3.37. The number of ketones is 1. The van der Waals surface area contributed by atoms with Gasteiger partial charge in [0.2, 0.25) is 5.88 Å². The van der Waals surface area contributed by atoms with Gasteiger partial charge in [0, 0.05) is 30.0 Å². The molecule has 1 heterocycles. The lowest BCUT2D eigenvalue weighted by Gasteiger charge is -2.33. The van der Waals surface area contributed by atoms with Gasteiger partial charge in [-0.2, -0.15) is 0 Å². The Labute approximate surface area is 157 Å². The maximum Gasteiger partial charge on any atom is 0.340 e. The zero-order valence-corrected chi connectivity index (χ0v) is 15.7. The Hall–Kier alpha value is -2.96. The van der Waals surface area contributed by atoms with Crippen molar-refractivity contribution in [2.75, 3.05) is 20.8 Å². The van der Waals surface area contributed by atoms with Gasteiger partial charge >= 0.3 is 5.97 Å². The zero-order valence-electron chi connectivity index (χ0n) is 15.7. The number of hydrogen-bond donors (Lipinski definition) is 1. The minimum absolute atomic E-state index is 0.0372. The molecule has 144 valence electrons. The lowest BCUT2D eigenvalue weighted by molar-refractivity contribution is -0.139. The summed E-state index contributed by atoms with van der Waals surface area (Å²) in [5.41, 5.74) is 7.28. The highest BCUT2D eigenvalue weighted by Gasteiger charge is 2.42. The SMILES string of the molecule is CCOC(=O)C1=C(N)OC2=C(C(=O)CCC2)C1c1ccc(OC)cc1OC. The molecule has 3 rings (SSSR count).